The highest BCUT2D eigenvalue weighted by Gasteiger charge is 1.97. The summed E-state index contributed by atoms with van der Waals surface area (Å²) < 4.78 is 0. The Morgan fingerprint density at radius 1 is 1.33 bits per heavy atom. The maximum Gasteiger partial charge on any atom is 0.174 e. The summed E-state index contributed by atoms with van der Waals surface area (Å²) in [5, 5.41) is 8.15. The van der Waals surface area contributed by atoms with Gasteiger partial charge in [0.1, 0.15) is 0 Å². The van der Waals surface area contributed by atoms with E-state index in [4.69, 9.17) is 0 Å². The second kappa shape index (κ2) is 2.73. The molecule has 0 bridgehead atoms. The van der Waals surface area contributed by atoms with E-state index < -0.39 is 0 Å². The van der Waals surface area contributed by atoms with Crippen LogP contribution < -0.4 is 0 Å². The van der Waals surface area contributed by atoms with Gasteiger partial charge in [-0.05, 0) is 19.1 Å². The van der Waals surface area contributed by atoms with E-state index in [1.807, 2.05) is 25.1 Å². The van der Waals surface area contributed by atoms with Crippen LogP contribution in [0.4, 0.5) is 0 Å². The standard InChI is InChI=1S/C8H8N4/c1-7-6-10-12(11-7)8-4-2-3-5-9-8/h2-6H,1H3. The minimum Gasteiger partial charge on any atom is -0.236 e. The summed E-state index contributed by atoms with van der Waals surface area (Å²) in [5.74, 6) is 0.741. The molecule has 0 aliphatic rings. The predicted molar refractivity (Wildman–Crippen MR) is 43.9 cm³/mol. The fraction of sp³-hybridized carbons (Fsp3) is 0.125. The van der Waals surface area contributed by atoms with Crippen LogP contribution >= 0.6 is 0 Å². The maximum absolute atomic E-state index is 4.12. The molecule has 0 aliphatic heterocycles. The second-order valence-corrected chi connectivity index (χ2v) is 2.46. The zero-order chi connectivity index (χ0) is 8.39. The van der Waals surface area contributed by atoms with Crippen molar-refractivity contribution in [3.05, 3.63) is 36.3 Å². The molecule has 12 heavy (non-hydrogen) atoms. The number of aryl methyl sites for hydroxylation is 1. The van der Waals surface area contributed by atoms with Crippen molar-refractivity contribution in [2.75, 3.05) is 0 Å². The first-order valence-corrected chi connectivity index (χ1v) is 3.66. The molecule has 2 aromatic heterocycles. The lowest BCUT2D eigenvalue weighted by Crippen LogP contribution is -2.00. The quantitative estimate of drug-likeness (QED) is 0.624. The molecule has 0 unspecified atom stereocenters. The van der Waals surface area contributed by atoms with E-state index in [1.165, 1.54) is 4.80 Å². The fourth-order valence-electron chi connectivity index (χ4n) is 0.922. The van der Waals surface area contributed by atoms with Crippen LogP contribution in [-0.2, 0) is 0 Å². The van der Waals surface area contributed by atoms with Gasteiger partial charge in [0.2, 0.25) is 0 Å². The topological polar surface area (TPSA) is 43.6 Å². The third-order valence-corrected chi connectivity index (χ3v) is 1.46. The minimum atomic E-state index is 0.741. The van der Waals surface area contributed by atoms with Crippen LogP contribution in [0.5, 0.6) is 0 Å². The Balaban J connectivity index is 2.45. The zero-order valence-electron chi connectivity index (χ0n) is 6.68. The van der Waals surface area contributed by atoms with Crippen LogP contribution in [0, 0.1) is 6.92 Å². The largest absolute Gasteiger partial charge is 0.236 e. The molecule has 4 heteroatoms. The molecule has 0 aromatic carbocycles. The van der Waals surface area contributed by atoms with Gasteiger partial charge in [0.15, 0.2) is 5.82 Å². The highest BCUT2D eigenvalue weighted by atomic mass is 15.5. The third-order valence-electron chi connectivity index (χ3n) is 1.46. The minimum absolute atomic E-state index is 0.741. The molecule has 4 nitrogen and oxygen atoms in total. The van der Waals surface area contributed by atoms with Gasteiger partial charge in [-0.1, -0.05) is 6.07 Å². The Labute approximate surface area is 69.9 Å². The molecule has 0 saturated carbocycles. The first-order chi connectivity index (χ1) is 5.86. The van der Waals surface area contributed by atoms with E-state index in [1.54, 1.807) is 12.4 Å². The van der Waals surface area contributed by atoms with Crippen molar-refractivity contribution in [1.82, 2.24) is 20.0 Å². The van der Waals surface area contributed by atoms with Gasteiger partial charge >= 0.3 is 0 Å². The second-order valence-electron chi connectivity index (χ2n) is 2.46. The van der Waals surface area contributed by atoms with Crippen LogP contribution in [0.3, 0.4) is 0 Å². The Bertz CT molecular complexity index is 366. The number of hydrogen-bond acceptors (Lipinski definition) is 3. The van der Waals surface area contributed by atoms with Gasteiger partial charge in [-0.2, -0.15) is 10.2 Å². The first kappa shape index (κ1) is 6.97. The lowest BCUT2D eigenvalue weighted by atomic mass is 10.5. The maximum atomic E-state index is 4.12. The van der Waals surface area contributed by atoms with Gasteiger partial charge in [-0.25, -0.2) is 4.98 Å². The molecule has 0 spiro atoms. The average molecular weight is 160 g/mol. The number of nitrogens with zero attached hydrogens (tertiary/aromatic N) is 4. The van der Waals surface area contributed by atoms with E-state index in [0.717, 1.165) is 11.5 Å². The molecule has 0 saturated heterocycles. The van der Waals surface area contributed by atoms with Crippen molar-refractivity contribution in [2.45, 2.75) is 6.92 Å². The molecule has 0 atom stereocenters. The molecule has 0 radical (unpaired) electrons. The average Bonchev–Trinajstić information content (AvgIpc) is 2.54. The first-order valence-electron chi connectivity index (χ1n) is 3.66. The van der Waals surface area contributed by atoms with Crippen molar-refractivity contribution in [1.29, 1.82) is 0 Å². The summed E-state index contributed by atoms with van der Waals surface area (Å²) in [6, 6.07) is 5.63. The van der Waals surface area contributed by atoms with Crippen LogP contribution in [0.25, 0.3) is 5.82 Å². The molecule has 0 aliphatic carbocycles. The van der Waals surface area contributed by atoms with E-state index in [-0.39, 0.29) is 0 Å². The summed E-state index contributed by atoms with van der Waals surface area (Å²) in [7, 11) is 0. The van der Waals surface area contributed by atoms with Crippen LogP contribution in [0.15, 0.2) is 30.6 Å². The van der Waals surface area contributed by atoms with Crippen molar-refractivity contribution in [3.63, 3.8) is 0 Å². The predicted octanol–water partition coefficient (Wildman–Crippen LogP) is 0.971. The third kappa shape index (κ3) is 1.18. The van der Waals surface area contributed by atoms with Gasteiger partial charge in [-0.3, -0.25) is 0 Å². The Morgan fingerprint density at radius 3 is 2.83 bits per heavy atom. The van der Waals surface area contributed by atoms with Gasteiger partial charge in [0, 0.05) is 6.20 Å². The number of aromatic nitrogens is 4. The Morgan fingerprint density at radius 2 is 2.25 bits per heavy atom. The molecule has 0 fully saturated rings. The molecule has 2 heterocycles. The summed E-state index contributed by atoms with van der Waals surface area (Å²) in [4.78, 5) is 5.61. The van der Waals surface area contributed by atoms with E-state index in [9.17, 15) is 0 Å². The summed E-state index contributed by atoms with van der Waals surface area (Å²) in [5.41, 5.74) is 0.889. The molecule has 60 valence electrons. The summed E-state index contributed by atoms with van der Waals surface area (Å²) in [6.07, 6.45) is 3.42. The molecular formula is C8H8N4. The number of rotatable bonds is 1. The van der Waals surface area contributed by atoms with Crippen molar-refractivity contribution >= 4 is 0 Å². The lowest BCUT2D eigenvalue weighted by molar-refractivity contribution is 0.724. The Kier molecular flexibility index (Phi) is 1.59. The van der Waals surface area contributed by atoms with E-state index >= 15 is 0 Å². The smallest absolute Gasteiger partial charge is 0.174 e. The van der Waals surface area contributed by atoms with Gasteiger partial charge in [-0.15, -0.1) is 4.80 Å². The fourth-order valence-corrected chi connectivity index (χ4v) is 0.922. The van der Waals surface area contributed by atoms with Crippen LogP contribution in [0.1, 0.15) is 5.69 Å². The van der Waals surface area contributed by atoms with E-state index in [2.05, 4.69) is 15.2 Å². The summed E-state index contributed by atoms with van der Waals surface area (Å²) >= 11 is 0. The zero-order valence-corrected chi connectivity index (χ0v) is 6.68. The van der Waals surface area contributed by atoms with Gasteiger partial charge in [0.05, 0.1) is 11.9 Å². The van der Waals surface area contributed by atoms with Crippen LogP contribution in [-0.4, -0.2) is 20.0 Å². The van der Waals surface area contributed by atoms with E-state index in [0.29, 0.717) is 0 Å². The molecule has 0 N–H and O–H groups in total. The number of hydrogen-bond donors (Lipinski definition) is 0. The monoisotopic (exact) mass is 160 g/mol. The highest BCUT2D eigenvalue weighted by Crippen LogP contribution is 1.98. The normalized spacial score (nSPS) is 10.1. The number of pyridine rings is 1. The molecule has 2 rings (SSSR count). The molecular weight excluding hydrogens is 152 g/mol. The lowest BCUT2D eigenvalue weighted by Gasteiger charge is -1.94. The highest BCUT2D eigenvalue weighted by molar-refractivity contribution is 5.17. The van der Waals surface area contributed by atoms with Crippen molar-refractivity contribution in [3.8, 4) is 5.82 Å². The van der Waals surface area contributed by atoms with Crippen molar-refractivity contribution in [2.24, 2.45) is 0 Å². The van der Waals surface area contributed by atoms with Gasteiger partial charge < -0.3 is 0 Å². The van der Waals surface area contributed by atoms with Crippen LogP contribution in [0.2, 0.25) is 0 Å². The molecule has 0 amide bonds. The SMILES string of the molecule is Cc1cnn(-c2ccccn2)n1. The summed E-state index contributed by atoms with van der Waals surface area (Å²) in [6.45, 7) is 1.90. The van der Waals surface area contributed by atoms with Crippen molar-refractivity contribution < 1.29 is 0 Å². The van der Waals surface area contributed by atoms with Gasteiger partial charge in [0.25, 0.3) is 0 Å². The molecule has 2 aromatic rings. The Hall–Kier alpha value is -1.71.